The molecule has 0 atom stereocenters. The highest BCUT2D eigenvalue weighted by Crippen LogP contribution is 2.34. The number of nitrogens with zero attached hydrogens (tertiary/aromatic N) is 1. The molecule has 2 rings (SSSR count). The van der Waals surface area contributed by atoms with Gasteiger partial charge in [-0.05, 0) is 29.8 Å². The summed E-state index contributed by atoms with van der Waals surface area (Å²) in [6.45, 7) is 0. The lowest BCUT2D eigenvalue weighted by molar-refractivity contribution is -0.383. The molecule has 0 aliphatic carbocycles. The van der Waals surface area contributed by atoms with Gasteiger partial charge in [0.2, 0.25) is 0 Å². The lowest BCUT2D eigenvalue weighted by atomic mass is 10.0. The molecule has 0 heterocycles. The molecule has 0 saturated carbocycles. The smallest absolute Gasteiger partial charge is 0.337 e. The molecule has 6 heteroatoms. The molecule has 0 radical (unpaired) electrons. The quantitative estimate of drug-likeness (QED) is 0.401. The predicted octanol–water partition coefficient (Wildman–Crippen LogP) is 2.63. The van der Waals surface area contributed by atoms with Gasteiger partial charge in [0.1, 0.15) is 5.69 Å². The molecule has 0 fully saturated rings. The van der Waals surface area contributed by atoms with Crippen LogP contribution < -0.4 is 5.73 Å². The van der Waals surface area contributed by atoms with Crippen molar-refractivity contribution >= 4 is 17.3 Å². The highest BCUT2D eigenvalue weighted by Gasteiger charge is 2.19. The minimum absolute atomic E-state index is 0.101. The zero-order chi connectivity index (χ0) is 14.7. The van der Waals surface area contributed by atoms with E-state index in [1.165, 1.54) is 13.2 Å². The highest BCUT2D eigenvalue weighted by atomic mass is 16.6. The first-order valence-corrected chi connectivity index (χ1v) is 5.76. The Labute approximate surface area is 114 Å². The van der Waals surface area contributed by atoms with Gasteiger partial charge < -0.3 is 10.5 Å². The summed E-state index contributed by atoms with van der Waals surface area (Å²) in [6.07, 6.45) is 0. The average Bonchev–Trinajstić information content (AvgIpc) is 2.46. The van der Waals surface area contributed by atoms with E-state index < -0.39 is 10.9 Å². The maximum Gasteiger partial charge on any atom is 0.337 e. The number of anilines is 1. The molecular formula is C14H12N2O4. The number of methoxy groups -OCH3 is 1. The fraction of sp³-hybridized carbons (Fsp3) is 0.0714. The molecule has 2 aromatic carbocycles. The Bertz CT molecular complexity index is 665. The molecule has 102 valence electrons. The number of ether oxygens (including phenoxy) is 1. The summed E-state index contributed by atoms with van der Waals surface area (Å²) in [7, 11) is 1.29. The summed E-state index contributed by atoms with van der Waals surface area (Å²) in [5.74, 6) is -0.460. The second-order valence-electron chi connectivity index (χ2n) is 4.07. The minimum Gasteiger partial charge on any atom is -0.465 e. The lowest BCUT2D eigenvalue weighted by Gasteiger charge is -2.06. The number of esters is 1. The number of hydrogen-bond acceptors (Lipinski definition) is 5. The number of nitrogen functional groups attached to an aromatic ring is 1. The van der Waals surface area contributed by atoms with Gasteiger partial charge in [-0.2, -0.15) is 0 Å². The van der Waals surface area contributed by atoms with Crippen LogP contribution in [0.2, 0.25) is 0 Å². The average molecular weight is 272 g/mol. The molecule has 0 aliphatic rings. The topological polar surface area (TPSA) is 95.5 Å². The molecule has 20 heavy (non-hydrogen) atoms. The largest absolute Gasteiger partial charge is 0.465 e. The molecule has 0 bridgehead atoms. The number of carbonyl (C=O) groups is 1. The van der Waals surface area contributed by atoms with Crippen LogP contribution in [0.15, 0.2) is 42.5 Å². The van der Waals surface area contributed by atoms with Crippen LogP contribution in [0.1, 0.15) is 10.4 Å². The van der Waals surface area contributed by atoms with Crippen molar-refractivity contribution in [1.82, 2.24) is 0 Å². The van der Waals surface area contributed by atoms with Crippen molar-refractivity contribution in [2.45, 2.75) is 0 Å². The van der Waals surface area contributed by atoms with Crippen molar-refractivity contribution in [3.05, 3.63) is 58.1 Å². The van der Waals surface area contributed by atoms with Gasteiger partial charge in [0.05, 0.1) is 23.2 Å². The zero-order valence-electron chi connectivity index (χ0n) is 10.7. The normalized spacial score (nSPS) is 10.1. The molecule has 2 aromatic rings. The Balaban J connectivity index is 2.50. The van der Waals surface area contributed by atoms with Gasteiger partial charge in [0.15, 0.2) is 0 Å². The fourth-order valence-corrected chi connectivity index (χ4v) is 1.90. The SMILES string of the molecule is COC(=O)c1ccc(-c2cccc(N)c2[N+](=O)[O-])cc1. The van der Waals surface area contributed by atoms with Crippen LogP contribution in [0.5, 0.6) is 0 Å². The summed E-state index contributed by atoms with van der Waals surface area (Å²) in [6, 6.07) is 11.1. The standard InChI is InChI=1S/C14H12N2O4/c1-20-14(17)10-7-5-9(6-8-10)11-3-2-4-12(15)13(11)16(18)19/h2-8H,15H2,1H3. The van der Waals surface area contributed by atoms with Crippen LogP contribution in [0, 0.1) is 10.1 Å². The number of para-hydroxylation sites is 1. The van der Waals surface area contributed by atoms with Gasteiger partial charge in [0, 0.05) is 0 Å². The van der Waals surface area contributed by atoms with E-state index >= 15 is 0 Å². The van der Waals surface area contributed by atoms with Crippen LogP contribution in [0.3, 0.4) is 0 Å². The fourth-order valence-electron chi connectivity index (χ4n) is 1.90. The Hall–Kier alpha value is -2.89. The molecule has 0 spiro atoms. The maximum atomic E-state index is 11.3. The molecule has 6 nitrogen and oxygen atoms in total. The highest BCUT2D eigenvalue weighted by molar-refractivity contribution is 5.90. The first kappa shape index (κ1) is 13.5. The van der Waals surface area contributed by atoms with E-state index in [1.54, 1.807) is 36.4 Å². The molecular weight excluding hydrogens is 260 g/mol. The first-order valence-electron chi connectivity index (χ1n) is 5.76. The van der Waals surface area contributed by atoms with Crippen LogP contribution in [-0.2, 0) is 4.74 Å². The van der Waals surface area contributed by atoms with Crippen molar-refractivity contribution in [3.63, 3.8) is 0 Å². The number of carbonyl (C=O) groups excluding carboxylic acids is 1. The molecule has 0 aliphatic heterocycles. The van der Waals surface area contributed by atoms with Crippen LogP contribution in [0.4, 0.5) is 11.4 Å². The number of nitro groups is 1. The minimum atomic E-state index is -0.515. The molecule has 2 N–H and O–H groups in total. The number of nitrogens with two attached hydrogens (primary N) is 1. The number of benzene rings is 2. The van der Waals surface area contributed by atoms with Crippen molar-refractivity contribution in [1.29, 1.82) is 0 Å². The summed E-state index contributed by atoms with van der Waals surface area (Å²) in [5, 5.41) is 11.1. The second kappa shape index (κ2) is 5.40. The van der Waals surface area contributed by atoms with Crippen molar-refractivity contribution in [2.24, 2.45) is 0 Å². The predicted molar refractivity (Wildman–Crippen MR) is 74.3 cm³/mol. The number of nitro benzene ring substituents is 1. The van der Waals surface area contributed by atoms with Gasteiger partial charge in [-0.3, -0.25) is 10.1 Å². The Morgan fingerprint density at radius 3 is 2.40 bits per heavy atom. The van der Waals surface area contributed by atoms with Crippen LogP contribution in [-0.4, -0.2) is 18.0 Å². The second-order valence-corrected chi connectivity index (χ2v) is 4.07. The van der Waals surface area contributed by atoms with Crippen LogP contribution in [0.25, 0.3) is 11.1 Å². The lowest BCUT2D eigenvalue weighted by Crippen LogP contribution is -2.01. The van der Waals surface area contributed by atoms with Gasteiger partial charge in [-0.25, -0.2) is 4.79 Å². The van der Waals surface area contributed by atoms with Crippen molar-refractivity contribution < 1.29 is 14.5 Å². The van der Waals surface area contributed by atoms with Gasteiger partial charge in [-0.1, -0.05) is 18.2 Å². The van der Waals surface area contributed by atoms with E-state index in [2.05, 4.69) is 4.74 Å². The van der Waals surface area contributed by atoms with E-state index in [9.17, 15) is 14.9 Å². The number of rotatable bonds is 3. The number of hydrogen-bond donors (Lipinski definition) is 1. The molecule has 0 aromatic heterocycles. The molecule has 0 amide bonds. The van der Waals surface area contributed by atoms with E-state index in [4.69, 9.17) is 5.73 Å². The summed E-state index contributed by atoms with van der Waals surface area (Å²) in [4.78, 5) is 21.9. The zero-order valence-corrected chi connectivity index (χ0v) is 10.7. The third kappa shape index (κ3) is 2.44. The molecule has 0 unspecified atom stereocenters. The van der Waals surface area contributed by atoms with Gasteiger partial charge >= 0.3 is 5.97 Å². The Morgan fingerprint density at radius 1 is 1.20 bits per heavy atom. The first-order chi connectivity index (χ1) is 9.54. The summed E-state index contributed by atoms with van der Waals surface area (Å²) in [5.41, 5.74) is 7.00. The van der Waals surface area contributed by atoms with Crippen LogP contribution >= 0.6 is 0 Å². The van der Waals surface area contributed by atoms with Crippen molar-refractivity contribution in [3.8, 4) is 11.1 Å². The monoisotopic (exact) mass is 272 g/mol. The summed E-state index contributed by atoms with van der Waals surface area (Å²) < 4.78 is 4.60. The third-order valence-corrected chi connectivity index (χ3v) is 2.87. The Morgan fingerprint density at radius 2 is 1.85 bits per heavy atom. The van der Waals surface area contributed by atoms with Gasteiger partial charge in [0.25, 0.3) is 5.69 Å². The maximum absolute atomic E-state index is 11.3. The molecule has 0 saturated heterocycles. The van der Waals surface area contributed by atoms with E-state index in [0.717, 1.165) is 0 Å². The van der Waals surface area contributed by atoms with E-state index in [0.29, 0.717) is 16.7 Å². The Kier molecular flexibility index (Phi) is 3.65. The van der Waals surface area contributed by atoms with E-state index in [-0.39, 0.29) is 11.4 Å². The van der Waals surface area contributed by atoms with Crippen molar-refractivity contribution in [2.75, 3.05) is 12.8 Å². The third-order valence-electron chi connectivity index (χ3n) is 2.87. The van der Waals surface area contributed by atoms with E-state index in [1.807, 2.05) is 0 Å². The summed E-state index contributed by atoms with van der Waals surface area (Å²) >= 11 is 0. The van der Waals surface area contributed by atoms with Gasteiger partial charge in [-0.15, -0.1) is 0 Å².